The van der Waals surface area contributed by atoms with E-state index in [1.165, 1.54) is 0 Å². The molecule has 0 radical (unpaired) electrons. The Bertz CT molecular complexity index is 926. The molecule has 0 fully saturated rings. The highest BCUT2D eigenvalue weighted by molar-refractivity contribution is 5.98. The molecule has 0 unspecified atom stereocenters. The smallest absolute Gasteiger partial charge is 0.255 e. The number of nitrogens with two attached hydrogens (primary N) is 1. The van der Waals surface area contributed by atoms with Crippen molar-refractivity contribution in [2.24, 2.45) is 0 Å². The Balaban J connectivity index is 1.59. The van der Waals surface area contributed by atoms with Gasteiger partial charge >= 0.3 is 0 Å². The van der Waals surface area contributed by atoms with Gasteiger partial charge in [0.05, 0.1) is 12.2 Å². The number of hydrogen-bond donors (Lipinski definition) is 2. The molecule has 0 bridgehead atoms. The number of ether oxygens (including phenoxy) is 2. The van der Waals surface area contributed by atoms with Gasteiger partial charge in [-0.05, 0) is 60.5 Å². The van der Waals surface area contributed by atoms with E-state index in [4.69, 9.17) is 15.2 Å². The minimum absolute atomic E-state index is 0.212. The number of amides is 1. The van der Waals surface area contributed by atoms with Gasteiger partial charge in [-0.1, -0.05) is 19.1 Å². The van der Waals surface area contributed by atoms with E-state index in [-0.39, 0.29) is 11.7 Å². The molecule has 0 saturated heterocycles. The van der Waals surface area contributed by atoms with Gasteiger partial charge in [0.2, 0.25) is 0 Å². The van der Waals surface area contributed by atoms with Crippen molar-refractivity contribution in [2.75, 3.05) is 12.3 Å². The van der Waals surface area contributed by atoms with E-state index in [1.807, 2.05) is 48.5 Å². The number of nitrogens with zero attached hydrogens (tertiary/aromatic N) is 1. The normalized spacial score (nSPS) is 10.3. The molecule has 3 rings (SSSR count). The average Bonchev–Trinajstić information content (AvgIpc) is 2.72. The number of carbonyl (C=O) groups is 1. The summed E-state index contributed by atoms with van der Waals surface area (Å²) >= 11 is 0. The van der Waals surface area contributed by atoms with Crippen molar-refractivity contribution in [2.45, 2.75) is 19.9 Å². The molecule has 0 saturated carbocycles. The Morgan fingerprint density at radius 2 is 1.82 bits per heavy atom. The van der Waals surface area contributed by atoms with Crippen LogP contribution in [0.25, 0.3) is 0 Å². The first-order valence-electron chi connectivity index (χ1n) is 9.14. The highest BCUT2D eigenvalue weighted by Crippen LogP contribution is 2.24. The summed E-state index contributed by atoms with van der Waals surface area (Å²) in [4.78, 5) is 16.2. The lowest BCUT2D eigenvalue weighted by molar-refractivity contribution is 0.0951. The molecular formula is C22H23N3O3. The molecule has 0 aliphatic heterocycles. The molecule has 1 amide bonds. The molecule has 28 heavy (non-hydrogen) atoms. The Labute approximate surface area is 164 Å². The molecule has 3 aromatic rings. The van der Waals surface area contributed by atoms with Crippen LogP contribution in [0.3, 0.4) is 0 Å². The van der Waals surface area contributed by atoms with E-state index in [2.05, 4.69) is 17.2 Å². The average molecular weight is 377 g/mol. The zero-order valence-electron chi connectivity index (χ0n) is 15.7. The lowest BCUT2D eigenvalue weighted by Crippen LogP contribution is -2.24. The van der Waals surface area contributed by atoms with E-state index >= 15 is 0 Å². The lowest BCUT2D eigenvalue weighted by atomic mass is 10.2. The van der Waals surface area contributed by atoms with E-state index in [9.17, 15) is 4.79 Å². The van der Waals surface area contributed by atoms with Crippen molar-refractivity contribution in [1.82, 2.24) is 10.3 Å². The molecule has 3 N–H and O–H groups in total. The van der Waals surface area contributed by atoms with Crippen LogP contribution in [0.15, 0.2) is 66.9 Å². The summed E-state index contributed by atoms with van der Waals surface area (Å²) in [5.74, 6) is 2.17. The molecule has 1 heterocycles. The van der Waals surface area contributed by atoms with Crippen LogP contribution >= 0.6 is 0 Å². The predicted octanol–water partition coefficient (Wildman–Crippen LogP) is 4.17. The van der Waals surface area contributed by atoms with Crippen LogP contribution < -0.4 is 20.5 Å². The molecule has 0 atom stereocenters. The summed E-state index contributed by atoms with van der Waals surface area (Å²) in [5.41, 5.74) is 7.01. The van der Waals surface area contributed by atoms with Crippen molar-refractivity contribution < 1.29 is 14.3 Å². The molecule has 0 aliphatic rings. The molecule has 6 heteroatoms. The number of carbonyl (C=O) groups excluding carboxylic acids is 1. The first-order valence-corrected chi connectivity index (χ1v) is 9.14. The molecule has 0 spiro atoms. The molecule has 144 valence electrons. The van der Waals surface area contributed by atoms with Crippen molar-refractivity contribution in [1.29, 1.82) is 0 Å². The Morgan fingerprint density at radius 3 is 2.57 bits per heavy atom. The van der Waals surface area contributed by atoms with Crippen molar-refractivity contribution >= 4 is 11.7 Å². The fourth-order valence-electron chi connectivity index (χ4n) is 2.57. The highest BCUT2D eigenvalue weighted by Gasteiger charge is 2.09. The number of benzene rings is 2. The Kier molecular flexibility index (Phi) is 6.46. The third-order valence-electron chi connectivity index (χ3n) is 3.97. The van der Waals surface area contributed by atoms with Crippen LogP contribution in [0.4, 0.5) is 5.82 Å². The summed E-state index contributed by atoms with van der Waals surface area (Å²) in [6, 6.07) is 18.4. The van der Waals surface area contributed by atoms with Gasteiger partial charge in [-0.25, -0.2) is 4.98 Å². The van der Waals surface area contributed by atoms with Crippen molar-refractivity contribution in [3.63, 3.8) is 0 Å². The van der Waals surface area contributed by atoms with Crippen LogP contribution in [0, 0.1) is 0 Å². The Hall–Kier alpha value is -3.54. The van der Waals surface area contributed by atoms with Gasteiger partial charge in [-0.2, -0.15) is 0 Å². The number of hydrogen-bond acceptors (Lipinski definition) is 5. The first kappa shape index (κ1) is 19.2. The number of nitrogens with one attached hydrogen (secondary N) is 1. The summed E-state index contributed by atoms with van der Waals surface area (Å²) < 4.78 is 11.5. The topological polar surface area (TPSA) is 86.5 Å². The fourth-order valence-corrected chi connectivity index (χ4v) is 2.57. The van der Waals surface area contributed by atoms with Crippen LogP contribution in [0.2, 0.25) is 0 Å². The van der Waals surface area contributed by atoms with Crippen LogP contribution in [0.5, 0.6) is 17.2 Å². The Morgan fingerprint density at radius 1 is 1.04 bits per heavy atom. The predicted molar refractivity (Wildman–Crippen MR) is 109 cm³/mol. The molecule has 0 aliphatic carbocycles. The van der Waals surface area contributed by atoms with Crippen LogP contribution in [-0.4, -0.2) is 17.5 Å². The number of pyridine rings is 1. The van der Waals surface area contributed by atoms with Gasteiger partial charge in [0, 0.05) is 12.7 Å². The van der Waals surface area contributed by atoms with Crippen LogP contribution in [-0.2, 0) is 6.54 Å². The van der Waals surface area contributed by atoms with Crippen molar-refractivity contribution in [3.05, 3.63) is 78.0 Å². The van der Waals surface area contributed by atoms with Crippen LogP contribution in [0.1, 0.15) is 29.3 Å². The third-order valence-corrected chi connectivity index (χ3v) is 3.97. The monoisotopic (exact) mass is 377 g/mol. The first-order chi connectivity index (χ1) is 13.7. The number of nitrogen functional groups attached to an aromatic ring is 1. The highest BCUT2D eigenvalue weighted by atomic mass is 16.5. The minimum atomic E-state index is -0.264. The minimum Gasteiger partial charge on any atom is -0.494 e. The second kappa shape index (κ2) is 9.41. The number of rotatable bonds is 8. The van der Waals surface area contributed by atoms with Crippen molar-refractivity contribution in [3.8, 4) is 17.2 Å². The molecule has 6 nitrogen and oxygen atoms in total. The second-order valence-electron chi connectivity index (χ2n) is 6.19. The second-order valence-corrected chi connectivity index (χ2v) is 6.19. The molecule has 1 aromatic heterocycles. The van der Waals surface area contributed by atoms with E-state index in [0.29, 0.717) is 30.2 Å². The van der Waals surface area contributed by atoms with E-state index < -0.39 is 0 Å². The zero-order chi connectivity index (χ0) is 19.8. The molecule has 2 aromatic carbocycles. The maximum atomic E-state index is 12.2. The van der Waals surface area contributed by atoms with Gasteiger partial charge in [0.1, 0.15) is 23.1 Å². The summed E-state index contributed by atoms with van der Waals surface area (Å²) in [6.45, 7) is 3.12. The summed E-state index contributed by atoms with van der Waals surface area (Å²) in [5, 5.41) is 2.84. The fraction of sp³-hybridized carbons (Fsp3) is 0.182. The third kappa shape index (κ3) is 5.23. The number of aromatic nitrogens is 1. The maximum Gasteiger partial charge on any atom is 0.255 e. The standard InChI is InChI=1S/C22H23N3O3/c1-2-13-27-17-8-10-18(11-9-17)28-19-6-3-5-16(14-19)15-25-22(26)20-7-4-12-24-21(20)23/h3-12,14H,2,13,15H2,1H3,(H2,23,24)(H,25,26). The largest absolute Gasteiger partial charge is 0.494 e. The van der Waals surface area contributed by atoms with E-state index in [1.54, 1.807) is 18.3 Å². The molecular weight excluding hydrogens is 354 g/mol. The van der Waals surface area contributed by atoms with Gasteiger partial charge in [-0.3, -0.25) is 4.79 Å². The number of anilines is 1. The van der Waals surface area contributed by atoms with Gasteiger partial charge < -0.3 is 20.5 Å². The summed E-state index contributed by atoms with van der Waals surface area (Å²) in [7, 11) is 0. The zero-order valence-corrected chi connectivity index (χ0v) is 15.7. The SMILES string of the molecule is CCCOc1ccc(Oc2cccc(CNC(=O)c3cccnc3N)c2)cc1. The quantitative estimate of drug-likeness (QED) is 0.615. The van der Waals surface area contributed by atoms with E-state index in [0.717, 1.165) is 17.7 Å². The van der Waals surface area contributed by atoms with Gasteiger partial charge in [0.25, 0.3) is 5.91 Å². The summed E-state index contributed by atoms with van der Waals surface area (Å²) in [6.07, 6.45) is 2.52. The van der Waals surface area contributed by atoms with Gasteiger partial charge in [0.15, 0.2) is 0 Å². The maximum absolute atomic E-state index is 12.2. The lowest BCUT2D eigenvalue weighted by Gasteiger charge is -2.10. The van der Waals surface area contributed by atoms with Gasteiger partial charge in [-0.15, -0.1) is 0 Å².